The van der Waals surface area contributed by atoms with Crippen molar-refractivity contribution in [1.82, 2.24) is 0 Å². The Hall–Kier alpha value is -2.12. The second-order valence-electron chi connectivity index (χ2n) is 5.89. The van der Waals surface area contributed by atoms with Crippen LogP contribution in [0.4, 0.5) is 0 Å². The Morgan fingerprint density at radius 3 is 0.792 bits per heavy atom. The fourth-order valence-corrected chi connectivity index (χ4v) is 3.31. The predicted octanol–water partition coefficient (Wildman–Crippen LogP) is 0.963. The van der Waals surface area contributed by atoms with Crippen molar-refractivity contribution in [1.29, 1.82) is 0 Å². The highest BCUT2D eigenvalue weighted by atomic mass is 16.6. The van der Waals surface area contributed by atoms with Gasteiger partial charge in [-0.05, 0) is 11.8 Å². The number of carbonyl (C=O) groups is 4. The van der Waals surface area contributed by atoms with E-state index in [1.165, 1.54) is 27.7 Å². The molecule has 0 aromatic rings. The number of carbonyl (C=O) groups excluding carboxylic acids is 4. The van der Waals surface area contributed by atoms with E-state index in [1.807, 2.05) is 0 Å². The lowest BCUT2D eigenvalue weighted by Crippen LogP contribution is -2.66. The van der Waals surface area contributed by atoms with E-state index in [1.54, 1.807) is 0 Å². The van der Waals surface area contributed by atoms with Gasteiger partial charge in [0, 0.05) is 0 Å². The lowest BCUT2D eigenvalue weighted by Gasteiger charge is -2.46. The molecule has 0 aromatic heterocycles. The van der Waals surface area contributed by atoms with Gasteiger partial charge in [0.1, 0.15) is 0 Å². The van der Waals surface area contributed by atoms with Crippen molar-refractivity contribution in [3.8, 4) is 0 Å². The average molecular weight is 346 g/mol. The first-order valence-electron chi connectivity index (χ1n) is 7.40. The smallest absolute Gasteiger partial charge is 0.325 e. The van der Waals surface area contributed by atoms with Crippen LogP contribution in [0.15, 0.2) is 0 Å². The molecule has 0 fully saturated rings. The molecule has 0 aliphatic heterocycles. The molecule has 0 rings (SSSR count). The minimum Gasteiger partial charge on any atom is -0.468 e. The summed E-state index contributed by atoms with van der Waals surface area (Å²) in [6, 6.07) is 0. The zero-order valence-electron chi connectivity index (χ0n) is 15.4. The zero-order valence-corrected chi connectivity index (χ0v) is 15.4. The van der Waals surface area contributed by atoms with Crippen LogP contribution in [0.2, 0.25) is 0 Å². The predicted molar refractivity (Wildman–Crippen MR) is 82.6 cm³/mol. The Bertz CT molecular complexity index is 428. The Kier molecular flexibility index (Phi) is 7.40. The van der Waals surface area contributed by atoms with Crippen LogP contribution in [-0.4, -0.2) is 52.3 Å². The molecule has 8 heteroatoms. The third kappa shape index (κ3) is 2.74. The zero-order chi connectivity index (χ0) is 19.3. The summed E-state index contributed by atoms with van der Waals surface area (Å²) in [6.45, 7) is 6.04. The van der Waals surface area contributed by atoms with Gasteiger partial charge in [-0.2, -0.15) is 0 Å². The van der Waals surface area contributed by atoms with Crippen LogP contribution in [0, 0.1) is 22.7 Å². The van der Waals surface area contributed by atoms with Gasteiger partial charge >= 0.3 is 23.9 Å². The van der Waals surface area contributed by atoms with E-state index < -0.39 is 46.5 Å². The van der Waals surface area contributed by atoms with Gasteiger partial charge in [0.15, 0.2) is 10.8 Å². The quantitative estimate of drug-likeness (QED) is 0.381. The number of hydrogen-bond donors (Lipinski definition) is 0. The average Bonchev–Trinajstić information content (AvgIpc) is 2.55. The lowest BCUT2D eigenvalue weighted by atomic mass is 9.53. The molecule has 24 heavy (non-hydrogen) atoms. The second kappa shape index (κ2) is 8.12. The molecular formula is C16H26O8. The second-order valence-corrected chi connectivity index (χ2v) is 5.89. The van der Waals surface area contributed by atoms with E-state index in [9.17, 15) is 19.2 Å². The fourth-order valence-electron chi connectivity index (χ4n) is 3.31. The van der Waals surface area contributed by atoms with E-state index in [0.717, 1.165) is 28.4 Å². The van der Waals surface area contributed by atoms with E-state index in [0.29, 0.717) is 0 Å². The van der Waals surface area contributed by atoms with E-state index >= 15 is 0 Å². The Labute approximate surface area is 141 Å². The molecule has 0 spiro atoms. The highest BCUT2D eigenvalue weighted by molar-refractivity contribution is 6.14. The molecule has 0 aromatic carbocycles. The topological polar surface area (TPSA) is 105 Å². The first-order valence-corrected chi connectivity index (χ1v) is 7.40. The molecule has 0 amide bonds. The third-order valence-electron chi connectivity index (χ3n) is 4.38. The largest absolute Gasteiger partial charge is 0.468 e. The van der Waals surface area contributed by atoms with Gasteiger partial charge < -0.3 is 18.9 Å². The van der Waals surface area contributed by atoms with Gasteiger partial charge in [-0.25, -0.2) is 0 Å². The molecule has 0 atom stereocenters. The number of hydrogen-bond acceptors (Lipinski definition) is 8. The van der Waals surface area contributed by atoms with Crippen LogP contribution in [-0.2, 0) is 38.1 Å². The summed E-state index contributed by atoms with van der Waals surface area (Å²) in [5.74, 6) is -5.97. The summed E-state index contributed by atoms with van der Waals surface area (Å²) in [5, 5.41) is 0. The Morgan fingerprint density at radius 2 is 0.708 bits per heavy atom. The van der Waals surface area contributed by atoms with Gasteiger partial charge in [-0.3, -0.25) is 19.2 Å². The Balaban J connectivity index is 7.28. The maximum Gasteiger partial charge on any atom is 0.325 e. The van der Waals surface area contributed by atoms with Crippen molar-refractivity contribution < 1.29 is 38.1 Å². The summed E-state index contributed by atoms with van der Waals surface area (Å²) >= 11 is 0. The molecule has 0 radical (unpaired) electrons. The third-order valence-corrected chi connectivity index (χ3v) is 4.38. The van der Waals surface area contributed by atoms with Crippen LogP contribution in [0.5, 0.6) is 0 Å². The molecule has 0 aliphatic rings. The van der Waals surface area contributed by atoms with Gasteiger partial charge in [0.25, 0.3) is 0 Å². The Morgan fingerprint density at radius 1 is 0.542 bits per heavy atom. The summed E-state index contributed by atoms with van der Waals surface area (Å²) in [7, 11) is 4.23. The monoisotopic (exact) mass is 346 g/mol. The molecular weight excluding hydrogens is 320 g/mol. The van der Waals surface area contributed by atoms with Crippen molar-refractivity contribution in [3.63, 3.8) is 0 Å². The van der Waals surface area contributed by atoms with E-state index in [-0.39, 0.29) is 0 Å². The molecule has 0 bridgehead atoms. The van der Waals surface area contributed by atoms with Gasteiger partial charge in [-0.15, -0.1) is 0 Å². The van der Waals surface area contributed by atoms with Crippen molar-refractivity contribution >= 4 is 23.9 Å². The van der Waals surface area contributed by atoms with Gasteiger partial charge in [0.05, 0.1) is 28.4 Å². The van der Waals surface area contributed by atoms with Crippen LogP contribution >= 0.6 is 0 Å². The standard InChI is InChI=1S/C16H26O8/c1-9(2)15(11(17)21-5,12(18)22-6)16(10(3)4,13(19)23-7)14(20)24-8/h9-10H,1-8H3. The van der Waals surface area contributed by atoms with Crippen LogP contribution in [0.3, 0.4) is 0 Å². The normalized spacial score (nSPS) is 11.9. The van der Waals surface area contributed by atoms with E-state index in [4.69, 9.17) is 18.9 Å². The molecule has 138 valence electrons. The van der Waals surface area contributed by atoms with E-state index in [2.05, 4.69) is 0 Å². The molecule has 0 saturated heterocycles. The summed E-state index contributed by atoms with van der Waals surface area (Å²) < 4.78 is 19.2. The highest BCUT2D eigenvalue weighted by Gasteiger charge is 2.75. The van der Waals surface area contributed by atoms with Crippen LogP contribution in [0.25, 0.3) is 0 Å². The molecule has 0 heterocycles. The first kappa shape index (κ1) is 21.9. The minimum absolute atomic E-state index is 0.835. The summed E-state index contributed by atoms with van der Waals surface area (Å²) in [5.41, 5.74) is -4.55. The molecule has 0 N–H and O–H groups in total. The maximum atomic E-state index is 12.7. The van der Waals surface area contributed by atoms with Crippen molar-refractivity contribution in [3.05, 3.63) is 0 Å². The van der Waals surface area contributed by atoms with Gasteiger partial charge in [0.2, 0.25) is 0 Å². The number of methoxy groups -OCH3 is 4. The summed E-state index contributed by atoms with van der Waals surface area (Å²) in [6.07, 6.45) is 0. The molecule has 8 nitrogen and oxygen atoms in total. The SMILES string of the molecule is COC(=O)C(C(=O)OC)(C(C)C)C(C(=O)OC)(C(=O)OC)C(C)C. The molecule has 0 aliphatic carbocycles. The number of esters is 4. The molecule has 0 unspecified atom stereocenters. The first-order chi connectivity index (χ1) is 11.1. The minimum atomic E-state index is -2.27. The van der Waals surface area contributed by atoms with Crippen LogP contribution in [0.1, 0.15) is 27.7 Å². The number of rotatable bonds is 7. The fraction of sp³-hybridized carbons (Fsp3) is 0.750. The van der Waals surface area contributed by atoms with Crippen molar-refractivity contribution in [2.45, 2.75) is 27.7 Å². The van der Waals surface area contributed by atoms with Gasteiger partial charge in [-0.1, -0.05) is 27.7 Å². The summed E-state index contributed by atoms with van der Waals surface area (Å²) in [4.78, 5) is 50.9. The maximum absolute atomic E-state index is 12.7. The van der Waals surface area contributed by atoms with Crippen molar-refractivity contribution in [2.75, 3.05) is 28.4 Å². The van der Waals surface area contributed by atoms with Crippen molar-refractivity contribution in [2.24, 2.45) is 22.7 Å². The molecule has 0 saturated carbocycles. The number of ether oxygens (including phenoxy) is 4. The highest BCUT2D eigenvalue weighted by Crippen LogP contribution is 2.53. The lowest BCUT2D eigenvalue weighted by molar-refractivity contribution is -0.210. The van der Waals surface area contributed by atoms with Crippen LogP contribution < -0.4 is 0 Å².